The SMILES string of the molecule is Cc1nnc2n1CC(NC(=O)CCc1nc(C(C)C)no1)CC2. The maximum absolute atomic E-state index is 12.1. The molecule has 0 aromatic carbocycles. The van der Waals surface area contributed by atoms with Crippen molar-refractivity contribution < 1.29 is 9.32 Å². The van der Waals surface area contributed by atoms with E-state index >= 15 is 0 Å². The van der Waals surface area contributed by atoms with Crippen molar-refractivity contribution in [3.05, 3.63) is 23.4 Å². The Morgan fingerprint density at radius 2 is 2.26 bits per heavy atom. The van der Waals surface area contributed by atoms with Crippen molar-refractivity contribution >= 4 is 5.91 Å². The lowest BCUT2D eigenvalue weighted by molar-refractivity contribution is -0.122. The van der Waals surface area contributed by atoms with Gasteiger partial charge in [-0.2, -0.15) is 4.98 Å². The van der Waals surface area contributed by atoms with Crippen molar-refractivity contribution in [3.63, 3.8) is 0 Å². The van der Waals surface area contributed by atoms with E-state index < -0.39 is 0 Å². The predicted octanol–water partition coefficient (Wildman–Crippen LogP) is 1.16. The minimum atomic E-state index is 0.00785. The Bertz CT molecular complexity index is 690. The normalized spacial score (nSPS) is 17.3. The number of rotatable bonds is 5. The first-order valence-electron chi connectivity index (χ1n) is 8.03. The van der Waals surface area contributed by atoms with E-state index in [2.05, 4.69) is 30.2 Å². The molecule has 0 saturated carbocycles. The number of aryl methyl sites for hydroxylation is 3. The van der Waals surface area contributed by atoms with Gasteiger partial charge in [0.2, 0.25) is 11.8 Å². The van der Waals surface area contributed by atoms with Crippen molar-refractivity contribution in [2.24, 2.45) is 0 Å². The molecular weight excluding hydrogens is 296 g/mol. The Kier molecular flexibility index (Phi) is 4.40. The molecule has 8 nitrogen and oxygen atoms in total. The van der Waals surface area contributed by atoms with Crippen LogP contribution in [0, 0.1) is 6.92 Å². The number of nitrogens with zero attached hydrogens (tertiary/aromatic N) is 5. The number of carbonyl (C=O) groups is 1. The summed E-state index contributed by atoms with van der Waals surface area (Å²) in [7, 11) is 0. The van der Waals surface area contributed by atoms with Gasteiger partial charge in [0.1, 0.15) is 11.6 Å². The van der Waals surface area contributed by atoms with Gasteiger partial charge in [0, 0.05) is 37.8 Å². The van der Waals surface area contributed by atoms with Gasteiger partial charge in [0.15, 0.2) is 5.82 Å². The van der Waals surface area contributed by atoms with Gasteiger partial charge in [-0.15, -0.1) is 10.2 Å². The van der Waals surface area contributed by atoms with Crippen molar-refractivity contribution in [1.29, 1.82) is 0 Å². The van der Waals surface area contributed by atoms with Crippen LogP contribution < -0.4 is 5.32 Å². The largest absolute Gasteiger partial charge is 0.352 e. The van der Waals surface area contributed by atoms with Crippen LogP contribution in [0.1, 0.15) is 56.0 Å². The first-order valence-corrected chi connectivity index (χ1v) is 8.03. The number of nitrogens with one attached hydrogen (secondary N) is 1. The first-order chi connectivity index (χ1) is 11.0. The molecule has 124 valence electrons. The molecule has 1 N–H and O–H groups in total. The third kappa shape index (κ3) is 3.57. The number of aromatic nitrogens is 5. The fourth-order valence-corrected chi connectivity index (χ4v) is 2.70. The smallest absolute Gasteiger partial charge is 0.227 e. The number of amides is 1. The van der Waals surface area contributed by atoms with Crippen LogP contribution in [0.25, 0.3) is 0 Å². The molecule has 0 radical (unpaired) electrons. The molecule has 0 saturated heterocycles. The highest BCUT2D eigenvalue weighted by Crippen LogP contribution is 2.15. The van der Waals surface area contributed by atoms with Gasteiger partial charge in [-0.05, 0) is 13.3 Å². The van der Waals surface area contributed by atoms with Crippen LogP contribution in [0.3, 0.4) is 0 Å². The molecule has 0 bridgehead atoms. The summed E-state index contributed by atoms with van der Waals surface area (Å²) < 4.78 is 7.23. The third-order valence-electron chi connectivity index (χ3n) is 4.06. The molecule has 23 heavy (non-hydrogen) atoms. The first kappa shape index (κ1) is 15.6. The van der Waals surface area contributed by atoms with Crippen LogP contribution >= 0.6 is 0 Å². The van der Waals surface area contributed by atoms with Crippen LogP contribution in [0.15, 0.2) is 4.52 Å². The summed E-state index contributed by atoms with van der Waals surface area (Å²) in [6.07, 6.45) is 2.55. The zero-order chi connectivity index (χ0) is 16.4. The van der Waals surface area contributed by atoms with E-state index in [1.54, 1.807) is 0 Å². The van der Waals surface area contributed by atoms with Crippen LogP contribution in [0.4, 0.5) is 0 Å². The van der Waals surface area contributed by atoms with Gasteiger partial charge in [-0.1, -0.05) is 19.0 Å². The lowest BCUT2D eigenvalue weighted by atomic mass is 10.1. The summed E-state index contributed by atoms with van der Waals surface area (Å²) in [4.78, 5) is 16.4. The molecule has 1 aliphatic rings. The molecule has 0 aliphatic carbocycles. The van der Waals surface area contributed by atoms with E-state index in [1.807, 2.05) is 20.8 Å². The van der Waals surface area contributed by atoms with Crippen molar-refractivity contribution in [2.75, 3.05) is 0 Å². The van der Waals surface area contributed by atoms with Crippen molar-refractivity contribution in [2.45, 2.75) is 65.0 Å². The standard InChI is InChI=1S/C15H22N6O2/c1-9(2)15-17-14(23-20-15)7-6-13(22)16-11-4-5-12-19-18-10(3)21(12)8-11/h9,11H,4-8H2,1-3H3,(H,16,22). The Morgan fingerprint density at radius 1 is 1.43 bits per heavy atom. The summed E-state index contributed by atoms with van der Waals surface area (Å²) in [5.41, 5.74) is 0. The van der Waals surface area contributed by atoms with Crippen molar-refractivity contribution in [3.8, 4) is 0 Å². The van der Waals surface area contributed by atoms with E-state index in [9.17, 15) is 4.79 Å². The lowest BCUT2D eigenvalue weighted by Gasteiger charge is -2.24. The molecule has 8 heteroatoms. The topological polar surface area (TPSA) is 98.7 Å². The van der Waals surface area contributed by atoms with Crippen LogP contribution in [-0.2, 0) is 24.2 Å². The highest BCUT2D eigenvalue weighted by Gasteiger charge is 2.22. The van der Waals surface area contributed by atoms with E-state index in [1.165, 1.54) is 0 Å². The molecular formula is C15H22N6O2. The minimum Gasteiger partial charge on any atom is -0.352 e. The maximum Gasteiger partial charge on any atom is 0.227 e. The predicted molar refractivity (Wildman–Crippen MR) is 81.7 cm³/mol. The Morgan fingerprint density at radius 3 is 3.00 bits per heavy atom. The average Bonchev–Trinajstić information content (AvgIpc) is 3.13. The second kappa shape index (κ2) is 6.47. The molecule has 1 atom stereocenters. The second-order valence-electron chi connectivity index (χ2n) is 6.28. The second-order valence-corrected chi connectivity index (χ2v) is 6.28. The Hall–Kier alpha value is -2.25. The Balaban J connectivity index is 1.49. The van der Waals surface area contributed by atoms with Gasteiger partial charge < -0.3 is 14.4 Å². The maximum atomic E-state index is 12.1. The average molecular weight is 318 g/mol. The molecule has 1 aliphatic heterocycles. The zero-order valence-corrected chi connectivity index (χ0v) is 13.7. The Labute approximate surface area is 134 Å². The molecule has 0 spiro atoms. The molecule has 1 unspecified atom stereocenters. The molecule has 2 aromatic heterocycles. The molecule has 0 fully saturated rings. The number of carbonyl (C=O) groups excluding carboxylic acids is 1. The van der Waals surface area contributed by atoms with E-state index in [4.69, 9.17) is 4.52 Å². The fraction of sp³-hybridized carbons (Fsp3) is 0.667. The lowest BCUT2D eigenvalue weighted by Crippen LogP contribution is -2.41. The molecule has 2 aromatic rings. The number of hydrogen-bond acceptors (Lipinski definition) is 6. The van der Waals surface area contributed by atoms with Gasteiger partial charge in [-0.25, -0.2) is 0 Å². The van der Waals surface area contributed by atoms with Crippen LogP contribution in [0.2, 0.25) is 0 Å². The zero-order valence-electron chi connectivity index (χ0n) is 13.7. The third-order valence-corrected chi connectivity index (χ3v) is 4.06. The highest BCUT2D eigenvalue weighted by molar-refractivity contribution is 5.76. The summed E-state index contributed by atoms with van der Waals surface area (Å²) in [6, 6.07) is 0.124. The van der Waals surface area contributed by atoms with E-state index in [-0.39, 0.29) is 17.9 Å². The van der Waals surface area contributed by atoms with E-state index in [0.29, 0.717) is 24.6 Å². The van der Waals surface area contributed by atoms with Crippen LogP contribution in [0.5, 0.6) is 0 Å². The summed E-state index contributed by atoms with van der Waals surface area (Å²) in [6.45, 7) is 6.68. The molecule has 3 heterocycles. The highest BCUT2D eigenvalue weighted by atomic mass is 16.5. The van der Waals surface area contributed by atoms with Gasteiger partial charge in [-0.3, -0.25) is 4.79 Å². The molecule has 1 amide bonds. The minimum absolute atomic E-state index is 0.00785. The quantitative estimate of drug-likeness (QED) is 0.888. The van der Waals surface area contributed by atoms with Gasteiger partial charge in [0.05, 0.1) is 0 Å². The summed E-state index contributed by atoms with van der Waals surface area (Å²) in [5.74, 6) is 3.33. The summed E-state index contributed by atoms with van der Waals surface area (Å²) in [5, 5.41) is 15.2. The number of hydrogen-bond donors (Lipinski definition) is 1. The van der Waals surface area contributed by atoms with E-state index in [0.717, 1.165) is 31.0 Å². The van der Waals surface area contributed by atoms with Crippen LogP contribution in [-0.4, -0.2) is 36.9 Å². The summed E-state index contributed by atoms with van der Waals surface area (Å²) >= 11 is 0. The fourth-order valence-electron chi connectivity index (χ4n) is 2.70. The number of fused-ring (bicyclic) bond motifs is 1. The van der Waals surface area contributed by atoms with Crippen molar-refractivity contribution in [1.82, 2.24) is 30.2 Å². The van der Waals surface area contributed by atoms with Gasteiger partial charge in [0.25, 0.3) is 0 Å². The molecule has 3 rings (SSSR count). The van der Waals surface area contributed by atoms with Gasteiger partial charge >= 0.3 is 0 Å². The monoisotopic (exact) mass is 318 g/mol.